The summed E-state index contributed by atoms with van der Waals surface area (Å²) in [5.74, 6) is 0. The Morgan fingerprint density at radius 3 is 2.67 bits per heavy atom. The van der Waals surface area contributed by atoms with Crippen LogP contribution in [0.15, 0.2) is 22.7 Å². The van der Waals surface area contributed by atoms with E-state index in [2.05, 4.69) is 26.0 Å². The Labute approximate surface area is 120 Å². The van der Waals surface area contributed by atoms with Gasteiger partial charge in [-0.1, -0.05) is 18.3 Å². The average Bonchev–Trinajstić information content (AvgIpc) is 2.22. The lowest BCUT2D eigenvalue weighted by atomic mass is 10.2. The lowest BCUT2D eigenvalue weighted by Gasteiger charge is -2.12. The van der Waals surface area contributed by atoms with Crippen molar-refractivity contribution in [3.8, 4) is 0 Å². The second-order valence-electron chi connectivity index (χ2n) is 3.62. The molecular weight excluding hydrogens is 338 g/mol. The fraction of sp³-hybridized carbons (Fsp3) is 0.300. The highest BCUT2D eigenvalue weighted by molar-refractivity contribution is 9.10. The number of nitrogens with one attached hydrogen (secondary N) is 2. The summed E-state index contributed by atoms with van der Waals surface area (Å²) >= 11 is 8.34. The molecule has 1 aromatic rings. The summed E-state index contributed by atoms with van der Waals surface area (Å²) in [6, 6.07) is 5.52. The van der Waals surface area contributed by atoms with Crippen LogP contribution in [0.4, 0.5) is 5.69 Å². The van der Waals surface area contributed by atoms with E-state index in [9.17, 15) is 8.42 Å². The molecule has 0 saturated heterocycles. The lowest BCUT2D eigenvalue weighted by Crippen LogP contribution is -2.28. The van der Waals surface area contributed by atoms with Crippen molar-refractivity contribution in [1.82, 2.24) is 4.72 Å². The minimum absolute atomic E-state index is 0.279. The van der Waals surface area contributed by atoms with Gasteiger partial charge in [0.25, 0.3) is 0 Å². The quantitative estimate of drug-likeness (QED) is 0.526. The summed E-state index contributed by atoms with van der Waals surface area (Å²) in [4.78, 5) is 0.279. The number of benzene rings is 1. The van der Waals surface area contributed by atoms with Crippen LogP contribution in [0.3, 0.4) is 0 Å². The van der Waals surface area contributed by atoms with Crippen molar-refractivity contribution in [1.29, 1.82) is 0 Å². The van der Waals surface area contributed by atoms with Crippen molar-refractivity contribution in [2.75, 3.05) is 24.7 Å². The summed E-state index contributed by atoms with van der Waals surface area (Å²) in [5, 5.41) is 3.08. The smallest absolute Gasteiger partial charge is 0.208 e. The van der Waals surface area contributed by atoms with Crippen LogP contribution >= 0.6 is 28.1 Å². The molecule has 0 radical (unpaired) electrons. The molecule has 0 unspecified atom stereocenters. The number of hydrogen-bond acceptors (Lipinski definition) is 4. The van der Waals surface area contributed by atoms with Crippen molar-refractivity contribution in [3.05, 3.63) is 28.2 Å². The zero-order valence-corrected chi connectivity index (χ0v) is 13.0. The fourth-order valence-electron chi connectivity index (χ4n) is 1.36. The Morgan fingerprint density at radius 2 is 2.11 bits per heavy atom. The van der Waals surface area contributed by atoms with Gasteiger partial charge < -0.3 is 11.1 Å². The van der Waals surface area contributed by atoms with Crippen molar-refractivity contribution in [2.45, 2.75) is 0 Å². The van der Waals surface area contributed by atoms with E-state index < -0.39 is 10.0 Å². The molecule has 5 nitrogen and oxygen atoms in total. The van der Waals surface area contributed by atoms with Crippen LogP contribution in [-0.4, -0.2) is 32.8 Å². The second-order valence-corrected chi connectivity index (χ2v) is 6.75. The molecule has 0 aliphatic rings. The number of hydrogen-bond donors (Lipinski definition) is 3. The highest BCUT2D eigenvalue weighted by Gasteiger charge is 2.08. The van der Waals surface area contributed by atoms with E-state index in [1.807, 2.05) is 18.2 Å². The topological polar surface area (TPSA) is 84.2 Å². The number of thiocarbonyl (C=S) groups is 1. The lowest BCUT2D eigenvalue weighted by molar-refractivity contribution is 0.589. The van der Waals surface area contributed by atoms with E-state index in [4.69, 9.17) is 18.0 Å². The monoisotopic (exact) mass is 351 g/mol. The van der Waals surface area contributed by atoms with E-state index in [1.54, 1.807) is 0 Å². The highest BCUT2D eigenvalue weighted by atomic mass is 79.9. The molecule has 0 saturated carbocycles. The standard InChI is InChI=1S/C10H14BrN3O2S2/c1-18(15,16)14-6-5-13-8-4-2-3-7(11)9(8)10(12)17/h2-4,13-14H,5-6H2,1H3,(H2,12,17). The summed E-state index contributed by atoms with van der Waals surface area (Å²) in [6.07, 6.45) is 1.12. The van der Waals surface area contributed by atoms with Crippen LogP contribution in [0.2, 0.25) is 0 Å². The minimum Gasteiger partial charge on any atom is -0.389 e. The third-order valence-corrected chi connectivity index (χ3v) is 3.66. The Kier molecular flexibility index (Phi) is 5.51. The Morgan fingerprint density at radius 1 is 1.44 bits per heavy atom. The Bertz CT molecular complexity index is 546. The predicted octanol–water partition coefficient (Wildman–Crippen LogP) is 1.04. The molecule has 0 heterocycles. The summed E-state index contributed by atoms with van der Waals surface area (Å²) < 4.78 is 25.0. The number of rotatable bonds is 6. The summed E-state index contributed by atoms with van der Waals surface area (Å²) in [5.41, 5.74) is 7.12. The van der Waals surface area contributed by atoms with Gasteiger partial charge in [0.2, 0.25) is 10.0 Å². The molecule has 4 N–H and O–H groups in total. The third kappa shape index (κ3) is 4.89. The van der Waals surface area contributed by atoms with Crippen LogP contribution in [0, 0.1) is 0 Å². The average molecular weight is 352 g/mol. The van der Waals surface area contributed by atoms with Gasteiger partial charge >= 0.3 is 0 Å². The van der Waals surface area contributed by atoms with Gasteiger partial charge in [0.1, 0.15) is 4.99 Å². The van der Waals surface area contributed by atoms with Gasteiger partial charge in [0, 0.05) is 28.8 Å². The second kappa shape index (κ2) is 6.46. The Balaban J connectivity index is 2.68. The van der Waals surface area contributed by atoms with E-state index in [0.29, 0.717) is 18.7 Å². The molecular formula is C10H14BrN3O2S2. The van der Waals surface area contributed by atoms with Gasteiger partial charge in [-0.15, -0.1) is 0 Å². The first kappa shape index (κ1) is 15.4. The number of nitrogens with two attached hydrogens (primary N) is 1. The van der Waals surface area contributed by atoms with Gasteiger partial charge in [-0.3, -0.25) is 0 Å². The fourth-order valence-corrected chi connectivity index (χ4v) is 2.76. The number of sulfonamides is 1. The summed E-state index contributed by atoms with van der Waals surface area (Å²) in [6.45, 7) is 0.737. The maximum atomic E-state index is 10.9. The SMILES string of the molecule is CS(=O)(=O)NCCNc1cccc(Br)c1C(N)=S. The maximum absolute atomic E-state index is 10.9. The Hall–Kier alpha value is -0.700. The van der Waals surface area contributed by atoms with Crippen molar-refractivity contribution in [3.63, 3.8) is 0 Å². The highest BCUT2D eigenvalue weighted by Crippen LogP contribution is 2.24. The third-order valence-electron chi connectivity index (χ3n) is 2.06. The van der Waals surface area contributed by atoms with E-state index in [0.717, 1.165) is 16.4 Å². The van der Waals surface area contributed by atoms with Crippen molar-refractivity contribution in [2.24, 2.45) is 5.73 Å². The normalized spacial score (nSPS) is 11.2. The zero-order chi connectivity index (χ0) is 13.8. The van der Waals surface area contributed by atoms with Gasteiger partial charge in [0.15, 0.2) is 0 Å². The molecule has 0 aliphatic heterocycles. The van der Waals surface area contributed by atoms with Crippen LogP contribution < -0.4 is 15.8 Å². The number of anilines is 1. The maximum Gasteiger partial charge on any atom is 0.208 e. The minimum atomic E-state index is -3.16. The molecule has 1 rings (SSSR count). The van der Waals surface area contributed by atoms with Gasteiger partial charge in [0.05, 0.1) is 6.26 Å². The molecule has 0 amide bonds. The van der Waals surface area contributed by atoms with Crippen molar-refractivity contribution < 1.29 is 8.42 Å². The van der Waals surface area contributed by atoms with E-state index >= 15 is 0 Å². The first-order valence-electron chi connectivity index (χ1n) is 5.08. The molecule has 0 atom stereocenters. The predicted molar refractivity (Wildman–Crippen MR) is 81.4 cm³/mol. The van der Waals surface area contributed by atoms with Gasteiger partial charge in [-0.2, -0.15) is 0 Å². The van der Waals surface area contributed by atoms with Crippen molar-refractivity contribution >= 4 is 48.8 Å². The van der Waals surface area contributed by atoms with E-state index in [-0.39, 0.29) is 4.99 Å². The molecule has 8 heteroatoms. The first-order chi connectivity index (χ1) is 8.31. The molecule has 0 fully saturated rings. The van der Waals surface area contributed by atoms with Crippen LogP contribution in [0.25, 0.3) is 0 Å². The number of halogens is 1. The first-order valence-corrected chi connectivity index (χ1v) is 8.17. The molecule has 0 spiro atoms. The molecule has 1 aromatic carbocycles. The molecule has 18 heavy (non-hydrogen) atoms. The van der Waals surface area contributed by atoms with Crippen LogP contribution in [-0.2, 0) is 10.0 Å². The molecule has 0 aliphatic carbocycles. The van der Waals surface area contributed by atoms with Gasteiger partial charge in [-0.05, 0) is 28.1 Å². The molecule has 0 aromatic heterocycles. The summed E-state index contributed by atoms with van der Waals surface area (Å²) in [7, 11) is -3.16. The molecule has 0 bridgehead atoms. The van der Waals surface area contributed by atoms with Gasteiger partial charge in [-0.25, -0.2) is 13.1 Å². The molecule has 100 valence electrons. The zero-order valence-electron chi connectivity index (χ0n) is 9.73. The van der Waals surface area contributed by atoms with Crippen LogP contribution in [0.1, 0.15) is 5.56 Å². The largest absolute Gasteiger partial charge is 0.389 e. The van der Waals surface area contributed by atoms with Crippen LogP contribution in [0.5, 0.6) is 0 Å². The van der Waals surface area contributed by atoms with E-state index in [1.165, 1.54) is 0 Å².